The summed E-state index contributed by atoms with van der Waals surface area (Å²) in [5, 5.41) is 12.3. The van der Waals surface area contributed by atoms with Gasteiger partial charge in [0.25, 0.3) is 10.1 Å². The Balaban J connectivity index is 0.00000420. The average Bonchev–Trinajstić information content (AvgIpc) is 2.66. The standard InChI is InChI=1S/C22H30O5S.K/c1-2-3-4-5-6-7-8-10-13-18-16-21(27-19-14-11-9-12-15-19)22(17-20(18)23)28(24,25)26;/h9,11-12,14-17,23H,2-8,10,13H2,1H3,(H,24,25,26);/q;+1/p-1. The first-order valence-corrected chi connectivity index (χ1v) is 11.4. The zero-order valence-corrected chi connectivity index (χ0v) is 21.3. The van der Waals surface area contributed by atoms with Gasteiger partial charge in [0.15, 0.2) is 0 Å². The molecule has 0 fully saturated rings. The molecule has 1 N–H and O–H groups in total. The van der Waals surface area contributed by atoms with Crippen molar-refractivity contribution in [3.8, 4) is 17.2 Å². The molecular formula is C22H29KO5S. The first-order valence-electron chi connectivity index (χ1n) is 9.96. The molecule has 7 heteroatoms. The van der Waals surface area contributed by atoms with Gasteiger partial charge in [-0.05, 0) is 37.1 Å². The molecule has 0 radical (unpaired) electrons. The van der Waals surface area contributed by atoms with E-state index in [1.807, 2.05) is 6.07 Å². The molecular weight excluding hydrogens is 415 g/mol. The maximum absolute atomic E-state index is 12.3. The van der Waals surface area contributed by atoms with Crippen molar-refractivity contribution in [2.75, 3.05) is 0 Å². The van der Waals surface area contributed by atoms with Crippen molar-refractivity contribution >= 4 is 10.1 Å². The minimum absolute atomic E-state index is 0. The summed E-state index contributed by atoms with van der Waals surface area (Å²) in [4.78, 5) is -0.499. The predicted octanol–water partition coefficient (Wildman–Crippen LogP) is 2.49. The normalized spacial score (nSPS) is 11.1. The quantitative estimate of drug-likeness (QED) is 0.309. The molecule has 0 unspecified atom stereocenters. The molecule has 0 aliphatic carbocycles. The predicted molar refractivity (Wildman–Crippen MR) is 109 cm³/mol. The molecule has 154 valence electrons. The first-order chi connectivity index (χ1) is 13.4. The van der Waals surface area contributed by atoms with Crippen molar-refractivity contribution in [1.29, 1.82) is 0 Å². The smallest absolute Gasteiger partial charge is 0.872 e. The maximum Gasteiger partial charge on any atom is 1.00 e. The fourth-order valence-corrected chi connectivity index (χ4v) is 3.74. The monoisotopic (exact) mass is 444 g/mol. The number of rotatable bonds is 12. The fourth-order valence-electron chi connectivity index (χ4n) is 3.12. The van der Waals surface area contributed by atoms with Crippen molar-refractivity contribution in [2.45, 2.75) is 69.6 Å². The summed E-state index contributed by atoms with van der Waals surface area (Å²) >= 11 is 0. The zero-order valence-electron chi connectivity index (χ0n) is 17.4. The third-order valence-corrected chi connectivity index (χ3v) is 5.55. The van der Waals surface area contributed by atoms with Crippen molar-refractivity contribution in [1.82, 2.24) is 0 Å². The van der Waals surface area contributed by atoms with Crippen molar-refractivity contribution in [2.24, 2.45) is 0 Å². The van der Waals surface area contributed by atoms with Crippen LogP contribution in [0.1, 0.15) is 63.9 Å². The summed E-state index contributed by atoms with van der Waals surface area (Å²) in [7, 11) is -4.56. The summed E-state index contributed by atoms with van der Waals surface area (Å²) in [6.07, 6.45) is 9.83. The molecule has 2 rings (SSSR count). The first kappa shape index (κ1) is 26.6. The van der Waals surface area contributed by atoms with Gasteiger partial charge in [0.05, 0.1) is 0 Å². The van der Waals surface area contributed by atoms with Gasteiger partial charge in [0.1, 0.15) is 16.4 Å². The van der Waals surface area contributed by atoms with E-state index in [1.165, 1.54) is 38.2 Å². The number of para-hydroxylation sites is 1. The Hall–Kier alpha value is -0.414. The Morgan fingerprint density at radius 1 is 0.931 bits per heavy atom. The van der Waals surface area contributed by atoms with Crippen LogP contribution in [0, 0.1) is 0 Å². The third kappa shape index (κ3) is 9.51. The molecule has 5 nitrogen and oxygen atoms in total. The van der Waals surface area contributed by atoms with E-state index >= 15 is 0 Å². The molecule has 0 saturated heterocycles. The topological polar surface area (TPSA) is 86.7 Å². The SMILES string of the molecule is CCCCCCCCCCc1cc(Oc2ccccc2)c(S(=O)(=O)O)cc1[O-].[K+]. The van der Waals surface area contributed by atoms with Gasteiger partial charge in [-0.15, -0.1) is 5.75 Å². The summed E-state index contributed by atoms with van der Waals surface area (Å²) in [5.74, 6) is 0.0166. The maximum atomic E-state index is 12.3. The Morgan fingerprint density at radius 3 is 2.10 bits per heavy atom. The van der Waals surface area contributed by atoms with Crippen LogP contribution in [0.2, 0.25) is 0 Å². The molecule has 29 heavy (non-hydrogen) atoms. The van der Waals surface area contributed by atoms with E-state index < -0.39 is 20.8 Å². The summed E-state index contributed by atoms with van der Waals surface area (Å²) in [5.41, 5.74) is 0.504. The van der Waals surface area contributed by atoms with Crippen LogP contribution >= 0.6 is 0 Å². The number of aryl methyl sites for hydroxylation is 1. The number of ether oxygens (including phenoxy) is 1. The van der Waals surface area contributed by atoms with Gasteiger partial charge >= 0.3 is 51.4 Å². The number of unbranched alkanes of at least 4 members (excludes halogenated alkanes) is 7. The van der Waals surface area contributed by atoms with Crippen molar-refractivity contribution in [3.05, 3.63) is 48.0 Å². The number of hydrogen-bond donors (Lipinski definition) is 1. The van der Waals surface area contributed by atoms with Gasteiger partial charge in [-0.1, -0.05) is 75.6 Å². The van der Waals surface area contributed by atoms with Gasteiger partial charge in [0.2, 0.25) is 0 Å². The molecule has 2 aromatic rings. The zero-order chi connectivity index (χ0) is 20.4. The van der Waals surface area contributed by atoms with Crippen LogP contribution in [-0.4, -0.2) is 13.0 Å². The van der Waals surface area contributed by atoms with E-state index in [2.05, 4.69) is 6.92 Å². The van der Waals surface area contributed by atoms with E-state index in [-0.39, 0.29) is 57.1 Å². The average molecular weight is 445 g/mol. The Bertz CT molecular complexity index is 838. The van der Waals surface area contributed by atoms with Gasteiger partial charge < -0.3 is 9.84 Å². The minimum Gasteiger partial charge on any atom is -0.872 e. The van der Waals surface area contributed by atoms with E-state index in [4.69, 9.17) is 4.74 Å². The van der Waals surface area contributed by atoms with E-state index in [9.17, 15) is 18.1 Å². The Morgan fingerprint density at radius 2 is 1.52 bits per heavy atom. The Kier molecular flexibility index (Phi) is 12.7. The van der Waals surface area contributed by atoms with Crippen molar-refractivity contribution < 1.29 is 74.2 Å². The van der Waals surface area contributed by atoms with Crippen LogP contribution in [0.3, 0.4) is 0 Å². The summed E-state index contributed by atoms with van der Waals surface area (Å²) in [6, 6.07) is 11.1. The Labute approximate surface area is 217 Å². The molecule has 0 aliphatic rings. The third-order valence-electron chi connectivity index (χ3n) is 4.68. The molecule has 0 atom stereocenters. The fraction of sp³-hybridized carbons (Fsp3) is 0.455. The summed E-state index contributed by atoms with van der Waals surface area (Å²) < 4.78 is 38.4. The second-order valence-corrected chi connectivity index (χ2v) is 8.41. The van der Waals surface area contributed by atoms with Gasteiger partial charge in [-0.25, -0.2) is 0 Å². The van der Waals surface area contributed by atoms with E-state index in [1.54, 1.807) is 24.3 Å². The van der Waals surface area contributed by atoms with Crippen LogP contribution in [0.4, 0.5) is 0 Å². The minimum atomic E-state index is -4.56. The second kappa shape index (κ2) is 13.8. The van der Waals surface area contributed by atoms with Gasteiger partial charge in [-0.3, -0.25) is 4.55 Å². The van der Waals surface area contributed by atoms with Crippen LogP contribution in [-0.2, 0) is 16.5 Å². The number of hydrogen-bond acceptors (Lipinski definition) is 4. The van der Waals surface area contributed by atoms with Crippen LogP contribution in [0.25, 0.3) is 0 Å². The number of benzene rings is 2. The van der Waals surface area contributed by atoms with Gasteiger partial charge in [-0.2, -0.15) is 8.42 Å². The van der Waals surface area contributed by atoms with E-state index in [0.717, 1.165) is 25.3 Å². The largest absolute Gasteiger partial charge is 1.00 e. The summed E-state index contributed by atoms with van der Waals surface area (Å²) in [6.45, 7) is 2.20. The van der Waals surface area contributed by atoms with Crippen LogP contribution < -0.4 is 61.2 Å². The van der Waals surface area contributed by atoms with Crippen LogP contribution in [0.15, 0.2) is 47.4 Å². The van der Waals surface area contributed by atoms with Gasteiger partial charge in [0, 0.05) is 0 Å². The molecule has 2 aromatic carbocycles. The molecule has 0 spiro atoms. The molecule has 0 aromatic heterocycles. The van der Waals surface area contributed by atoms with Crippen molar-refractivity contribution in [3.63, 3.8) is 0 Å². The molecule has 0 amide bonds. The molecule has 0 bridgehead atoms. The van der Waals surface area contributed by atoms with E-state index in [0.29, 0.717) is 17.7 Å². The second-order valence-electron chi connectivity index (χ2n) is 7.02. The molecule has 0 aliphatic heterocycles. The molecule has 0 saturated carbocycles. The molecule has 0 heterocycles. The van der Waals surface area contributed by atoms with Crippen LogP contribution in [0.5, 0.6) is 17.2 Å².